The summed E-state index contributed by atoms with van der Waals surface area (Å²) in [5.41, 5.74) is 1.04. The molecule has 0 aliphatic carbocycles. The summed E-state index contributed by atoms with van der Waals surface area (Å²) in [5, 5.41) is 9.76. The summed E-state index contributed by atoms with van der Waals surface area (Å²) in [5.74, 6) is 0. The van der Waals surface area contributed by atoms with Crippen LogP contribution in [-0.4, -0.2) is 34.2 Å². The summed E-state index contributed by atoms with van der Waals surface area (Å²) in [6.45, 7) is 2.06. The molecular weight excluding hydrogens is 212 g/mol. The van der Waals surface area contributed by atoms with Crippen molar-refractivity contribution in [1.82, 2.24) is 9.88 Å². The number of hydrogen-bond donors (Lipinski definition) is 1. The van der Waals surface area contributed by atoms with Gasteiger partial charge in [-0.25, -0.2) is 4.98 Å². The third-order valence-electron chi connectivity index (χ3n) is 2.92. The Kier molecular flexibility index (Phi) is 3.57. The van der Waals surface area contributed by atoms with E-state index in [-0.39, 0.29) is 6.61 Å². The zero-order valence-corrected chi connectivity index (χ0v) is 9.32. The van der Waals surface area contributed by atoms with Crippen molar-refractivity contribution in [3.63, 3.8) is 0 Å². The average molecular weight is 227 g/mol. The molecule has 1 aliphatic heterocycles. The Morgan fingerprint density at radius 1 is 1.60 bits per heavy atom. The summed E-state index contributed by atoms with van der Waals surface area (Å²) in [6, 6.07) is 4.18. The van der Waals surface area contributed by atoms with Crippen molar-refractivity contribution in [2.24, 2.45) is 0 Å². The molecule has 4 heteroatoms. The molecule has 15 heavy (non-hydrogen) atoms. The molecule has 1 saturated heterocycles. The Morgan fingerprint density at radius 3 is 3.20 bits per heavy atom. The minimum atomic E-state index is 0.234. The van der Waals surface area contributed by atoms with Gasteiger partial charge < -0.3 is 5.11 Å². The lowest BCUT2D eigenvalue weighted by Crippen LogP contribution is -2.31. The molecule has 2 heterocycles. The van der Waals surface area contributed by atoms with Crippen molar-refractivity contribution in [2.75, 3.05) is 13.2 Å². The van der Waals surface area contributed by atoms with Crippen molar-refractivity contribution in [3.8, 4) is 0 Å². The number of hydrogen-bond acceptors (Lipinski definition) is 3. The van der Waals surface area contributed by atoms with E-state index in [2.05, 4.69) is 9.88 Å². The SMILES string of the molecule is OC[C@H]1CCCN1Cc1cccnc1Cl. The van der Waals surface area contributed by atoms with Crippen LogP contribution < -0.4 is 0 Å². The summed E-state index contributed by atoms with van der Waals surface area (Å²) in [7, 11) is 0. The quantitative estimate of drug-likeness (QED) is 0.797. The molecule has 2 rings (SSSR count). The van der Waals surface area contributed by atoms with Gasteiger partial charge in [0.2, 0.25) is 0 Å². The highest BCUT2D eigenvalue weighted by Gasteiger charge is 2.24. The molecule has 1 N–H and O–H groups in total. The van der Waals surface area contributed by atoms with Gasteiger partial charge in [-0.3, -0.25) is 4.90 Å². The predicted molar refractivity (Wildman–Crippen MR) is 59.8 cm³/mol. The smallest absolute Gasteiger partial charge is 0.133 e. The van der Waals surface area contributed by atoms with E-state index in [1.54, 1.807) is 6.20 Å². The lowest BCUT2D eigenvalue weighted by atomic mass is 10.2. The van der Waals surface area contributed by atoms with Crippen LogP contribution in [0.2, 0.25) is 5.15 Å². The van der Waals surface area contributed by atoms with Gasteiger partial charge in [0.05, 0.1) is 6.61 Å². The Balaban J connectivity index is 2.05. The normalized spacial score (nSPS) is 22.1. The summed E-state index contributed by atoms with van der Waals surface area (Å²) in [6.07, 6.45) is 3.93. The van der Waals surface area contributed by atoms with E-state index in [9.17, 15) is 5.11 Å². The van der Waals surface area contributed by atoms with E-state index >= 15 is 0 Å². The summed E-state index contributed by atoms with van der Waals surface area (Å²) in [4.78, 5) is 6.32. The summed E-state index contributed by atoms with van der Waals surface area (Å²) < 4.78 is 0. The molecule has 0 amide bonds. The first kappa shape index (κ1) is 10.9. The van der Waals surface area contributed by atoms with Crippen LogP contribution in [0.4, 0.5) is 0 Å². The maximum atomic E-state index is 9.19. The second-order valence-corrected chi connectivity index (χ2v) is 4.26. The lowest BCUT2D eigenvalue weighted by Gasteiger charge is -2.22. The third-order valence-corrected chi connectivity index (χ3v) is 3.26. The minimum absolute atomic E-state index is 0.234. The Morgan fingerprint density at radius 2 is 2.47 bits per heavy atom. The fourth-order valence-electron chi connectivity index (χ4n) is 2.07. The van der Waals surface area contributed by atoms with Gasteiger partial charge in [-0.2, -0.15) is 0 Å². The molecule has 1 aromatic heterocycles. The van der Waals surface area contributed by atoms with Gasteiger partial charge in [-0.1, -0.05) is 17.7 Å². The van der Waals surface area contributed by atoms with Gasteiger partial charge in [0.25, 0.3) is 0 Å². The topological polar surface area (TPSA) is 36.4 Å². The van der Waals surface area contributed by atoms with Crippen LogP contribution >= 0.6 is 11.6 Å². The van der Waals surface area contributed by atoms with Crippen LogP contribution in [-0.2, 0) is 6.54 Å². The van der Waals surface area contributed by atoms with E-state index < -0.39 is 0 Å². The zero-order valence-electron chi connectivity index (χ0n) is 8.56. The molecule has 82 valence electrons. The first-order valence-corrected chi connectivity index (χ1v) is 5.63. The summed E-state index contributed by atoms with van der Waals surface area (Å²) >= 11 is 5.99. The number of aromatic nitrogens is 1. The van der Waals surface area contributed by atoms with Crippen molar-refractivity contribution in [3.05, 3.63) is 29.0 Å². The monoisotopic (exact) mass is 226 g/mol. The minimum Gasteiger partial charge on any atom is -0.395 e. The van der Waals surface area contributed by atoms with E-state index in [1.165, 1.54) is 0 Å². The molecule has 0 saturated carbocycles. The van der Waals surface area contributed by atoms with Crippen molar-refractivity contribution < 1.29 is 5.11 Å². The van der Waals surface area contributed by atoms with Gasteiger partial charge in [0, 0.05) is 24.3 Å². The first-order chi connectivity index (χ1) is 7.31. The van der Waals surface area contributed by atoms with E-state index in [4.69, 9.17) is 11.6 Å². The molecule has 3 nitrogen and oxygen atoms in total. The van der Waals surface area contributed by atoms with Crippen molar-refractivity contribution >= 4 is 11.6 Å². The van der Waals surface area contributed by atoms with E-state index in [1.807, 2.05) is 12.1 Å². The number of halogens is 1. The van der Waals surface area contributed by atoms with Crippen molar-refractivity contribution in [1.29, 1.82) is 0 Å². The number of nitrogens with zero attached hydrogens (tertiary/aromatic N) is 2. The molecule has 1 fully saturated rings. The van der Waals surface area contributed by atoms with Gasteiger partial charge in [0.1, 0.15) is 5.15 Å². The van der Waals surface area contributed by atoms with Crippen LogP contribution in [0.25, 0.3) is 0 Å². The molecule has 1 aliphatic rings. The van der Waals surface area contributed by atoms with Gasteiger partial charge in [0.15, 0.2) is 0 Å². The fraction of sp³-hybridized carbons (Fsp3) is 0.545. The standard InChI is InChI=1S/C11H15ClN2O/c12-11-9(3-1-5-13-11)7-14-6-2-4-10(14)8-15/h1,3,5,10,15H,2,4,6-8H2/t10-/m1/s1. The second kappa shape index (κ2) is 4.92. The zero-order chi connectivity index (χ0) is 10.7. The molecule has 0 unspecified atom stereocenters. The van der Waals surface area contributed by atoms with Crippen LogP contribution in [0.5, 0.6) is 0 Å². The van der Waals surface area contributed by atoms with Crippen LogP contribution in [0.3, 0.4) is 0 Å². The van der Waals surface area contributed by atoms with Gasteiger partial charge >= 0.3 is 0 Å². The van der Waals surface area contributed by atoms with Crippen LogP contribution in [0.1, 0.15) is 18.4 Å². The number of rotatable bonds is 3. The maximum absolute atomic E-state index is 9.19. The molecule has 0 spiro atoms. The first-order valence-electron chi connectivity index (χ1n) is 5.25. The molecule has 1 atom stereocenters. The Labute approximate surface area is 94.7 Å². The largest absolute Gasteiger partial charge is 0.395 e. The Hall–Kier alpha value is -0.640. The van der Waals surface area contributed by atoms with E-state index in [0.717, 1.165) is 31.5 Å². The molecule has 0 bridgehead atoms. The lowest BCUT2D eigenvalue weighted by molar-refractivity contribution is 0.153. The second-order valence-electron chi connectivity index (χ2n) is 3.90. The molecule has 0 aromatic carbocycles. The highest BCUT2D eigenvalue weighted by molar-refractivity contribution is 6.30. The maximum Gasteiger partial charge on any atom is 0.133 e. The number of aliphatic hydroxyl groups is 1. The fourth-order valence-corrected chi connectivity index (χ4v) is 2.25. The Bertz CT molecular complexity index is 332. The van der Waals surface area contributed by atoms with Gasteiger partial charge in [-0.05, 0) is 25.5 Å². The van der Waals surface area contributed by atoms with E-state index in [0.29, 0.717) is 11.2 Å². The number of aliphatic hydroxyl groups excluding tert-OH is 1. The predicted octanol–water partition coefficient (Wildman–Crippen LogP) is 1.69. The number of likely N-dealkylation sites (tertiary alicyclic amines) is 1. The number of pyridine rings is 1. The van der Waals surface area contributed by atoms with Crippen molar-refractivity contribution in [2.45, 2.75) is 25.4 Å². The molecule has 1 aromatic rings. The molecule has 0 radical (unpaired) electrons. The van der Waals surface area contributed by atoms with Gasteiger partial charge in [-0.15, -0.1) is 0 Å². The highest BCUT2D eigenvalue weighted by Crippen LogP contribution is 2.21. The average Bonchev–Trinajstić information content (AvgIpc) is 2.69. The third kappa shape index (κ3) is 2.48. The van der Waals surface area contributed by atoms with Crippen LogP contribution in [0, 0.1) is 0 Å². The highest BCUT2D eigenvalue weighted by atomic mass is 35.5. The van der Waals surface area contributed by atoms with Crippen LogP contribution in [0.15, 0.2) is 18.3 Å². The molecular formula is C11H15ClN2O.